The van der Waals surface area contributed by atoms with Crippen LogP contribution < -0.4 is 5.32 Å². The number of ether oxygens (including phenoxy) is 1. The van der Waals surface area contributed by atoms with E-state index < -0.39 is 6.10 Å². The first kappa shape index (κ1) is 15.4. The van der Waals surface area contributed by atoms with E-state index in [4.69, 9.17) is 21.4 Å². The molecule has 0 saturated carbocycles. The monoisotopic (exact) mass is 273 g/mol. The molecule has 0 aromatic heterocycles. The van der Waals surface area contributed by atoms with E-state index >= 15 is 0 Å². The van der Waals surface area contributed by atoms with Crippen molar-refractivity contribution >= 4 is 11.6 Å². The molecule has 0 amide bonds. The van der Waals surface area contributed by atoms with Gasteiger partial charge >= 0.3 is 0 Å². The Balaban J connectivity index is 2.19. The topological polar surface area (TPSA) is 61.7 Å². The second kappa shape index (κ2) is 8.45. The Morgan fingerprint density at radius 2 is 2.11 bits per heavy atom. The van der Waals surface area contributed by atoms with Crippen molar-refractivity contribution in [3.8, 4) is 0 Å². The minimum absolute atomic E-state index is 0.0248. The molecule has 0 radical (unpaired) electrons. The highest BCUT2D eigenvalue weighted by atomic mass is 35.5. The quantitative estimate of drug-likeness (QED) is 0.666. The zero-order valence-corrected chi connectivity index (χ0v) is 11.2. The van der Waals surface area contributed by atoms with E-state index in [-0.39, 0.29) is 19.3 Å². The molecule has 4 nitrogen and oxygen atoms in total. The van der Waals surface area contributed by atoms with Crippen molar-refractivity contribution in [3.63, 3.8) is 0 Å². The predicted octanol–water partition coefficient (Wildman–Crippen LogP) is 1.19. The number of aliphatic hydroxyl groups excluding tert-OH is 2. The van der Waals surface area contributed by atoms with E-state index in [0.29, 0.717) is 18.2 Å². The predicted molar refractivity (Wildman–Crippen MR) is 71.7 cm³/mol. The van der Waals surface area contributed by atoms with Crippen LogP contribution in [0.2, 0.25) is 5.02 Å². The van der Waals surface area contributed by atoms with Gasteiger partial charge in [0, 0.05) is 17.6 Å². The third kappa shape index (κ3) is 5.80. The van der Waals surface area contributed by atoms with Gasteiger partial charge in [0.1, 0.15) is 0 Å². The van der Waals surface area contributed by atoms with Crippen molar-refractivity contribution in [1.82, 2.24) is 5.32 Å². The van der Waals surface area contributed by atoms with Crippen LogP contribution in [0.25, 0.3) is 0 Å². The van der Waals surface area contributed by atoms with E-state index in [1.165, 1.54) is 0 Å². The van der Waals surface area contributed by atoms with Crippen molar-refractivity contribution in [2.24, 2.45) is 0 Å². The lowest BCUT2D eigenvalue weighted by atomic mass is 10.2. The lowest BCUT2D eigenvalue weighted by Crippen LogP contribution is -2.37. The summed E-state index contributed by atoms with van der Waals surface area (Å²) in [5, 5.41) is 22.1. The number of aliphatic hydroxyl groups is 2. The normalized spacial score (nSPS) is 14.4. The summed E-state index contributed by atoms with van der Waals surface area (Å²) in [6.45, 7) is 2.90. The van der Waals surface area contributed by atoms with E-state index in [1.807, 2.05) is 25.1 Å². The number of rotatable bonds is 8. The van der Waals surface area contributed by atoms with Crippen LogP contribution in [0.1, 0.15) is 12.5 Å². The molecule has 0 spiro atoms. The van der Waals surface area contributed by atoms with E-state index in [2.05, 4.69) is 5.32 Å². The van der Waals surface area contributed by atoms with Crippen molar-refractivity contribution < 1.29 is 14.9 Å². The Kier molecular flexibility index (Phi) is 7.23. The molecule has 0 fully saturated rings. The van der Waals surface area contributed by atoms with E-state index in [1.54, 1.807) is 6.07 Å². The Morgan fingerprint density at radius 3 is 2.78 bits per heavy atom. The number of hydrogen-bond acceptors (Lipinski definition) is 4. The Labute approximate surface area is 113 Å². The molecule has 0 aliphatic carbocycles. The van der Waals surface area contributed by atoms with Gasteiger partial charge in [-0.15, -0.1) is 0 Å². The molecule has 1 rings (SSSR count). The maximum absolute atomic E-state index is 9.64. The van der Waals surface area contributed by atoms with Crippen LogP contribution in [0.15, 0.2) is 24.3 Å². The summed E-state index contributed by atoms with van der Waals surface area (Å²) in [6.07, 6.45) is -0.596. The lowest BCUT2D eigenvalue weighted by molar-refractivity contribution is 0.0270. The molecule has 18 heavy (non-hydrogen) atoms. The van der Waals surface area contributed by atoms with Gasteiger partial charge in [-0.1, -0.05) is 29.8 Å². The van der Waals surface area contributed by atoms with Gasteiger partial charge in [-0.05, 0) is 18.6 Å². The SMILES string of the molecule is CC(CO)NCC(O)COCc1ccccc1Cl. The van der Waals surface area contributed by atoms with E-state index in [0.717, 1.165) is 5.56 Å². The van der Waals surface area contributed by atoms with Gasteiger partial charge in [-0.25, -0.2) is 0 Å². The van der Waals surface area contributed by atoms with Gasteiger partial charge in [0.2, 0.25) is 0 Å². The van der Waals surface area contributed by atoms with Crippen LogP contribution in [-0.2, 0) is 11.3 Å². The molecule has 102 valence electrons. The van der Waals surface area contributed by atoms with Crippen LogP contribution in [0.4, 0.5) is 0 Å². The highest BCUT2D eigenvalue weighted by Crippen LogP contribution is 2.15. The molecule has 1 aromatic rings. The fourth-order valence-corrected chi connectivity index (χ4v) is 1.57. The molecule has 1 aromatic carbocycles. The van der Waals surface area contributed by atoms with Gasteiger partial charge in [-0.3, -0.25) is 0 Å². The smallest absolute Gasteiger partial charge is 0.0897 e. The summed E-state index contributed by atoms with van der Waals surface area (Å²) in [7, 11) is 0. The average Bonchev–Trinajstić information content (AvgIpc) is 2.38. The molecule has 0 saturated heterocycles. The molecule has 0 aliphatic heterocycles. The van der Waals surface area contributed by atoms with Crippen LogP contribution in [0.5, 0.6) is 0 Å². The van der Waals surface area contributed by atoms with Gasteiger partial charge in [0.05, 0.1) is 25.9 Å². The molecule has 3 N–H and O–H groups in total. The third-order valence-electron chi connectivity index (χ3n) is 2.50. The molecule has 0 aliphatic rings. The lowest BCUT2D eigenvalue weighted by Gasteiger charge is -2.15. The van der Waals surface area contributed by atoms with Crippen molar-refractivity contribution in [2.45, 2.75) is 25.7 Å². The summed E-state index contributed by atoms with van der Waals surface area (Å²) >= 11 is 5.98. The van der Waals surface area contributed by atoms with Crippen molar-refractivity contribution in [3.05, 3.63) is 34.9 Å². The molecule has 5 heteroatoms. The van der Waals surface area contributed by atoms with Gasteiger partial charge < -0.3 is 20.3 Å². The fraction of sp³-hybridized carbons (Fsp3) is 0.538. The second-order valence-corrected chi connectivity index (χ2v) is 4.66. The molecular weight excluding hydrogens is 254 g/mol. The number of benzene rings is 1. The standard InChI is InChI=1S/C13H20ClNO3/c1-10(7-16)15-6-12(17)9-18-8-11-4-2-3-5-13(11)14/h2-5,10,12,15-17H,6-9H2,1H3. The maximum atomic E-state index is 9.64. The number of halogens is 1. The van der Waals surface area contributed by atoms with Crippen LogP contribution in [0, 0.1) is 0 Å². The zero-order valence-electron chi connectivity index (χ0n) is 10.5. The van der Waals surface area contributed by atoms with Crippen LogP contribution in [-0.4, -0.2) is 42.1 Å². The zero-order chi connectivity index (χ0) is 13.4. The second-order valence-electron chi connectivity index (χ2n) is 4.25. The maximum Gasteiger partial charge on any atom is 0.0897 e. The summed E-state index contributed by atoms with van der Waals surface area (Å²) in [5.41, 5.74) is 0.906. The number of nitrogens with one attached hydrogen (secondary N) is 1. The highest BCUT2D eigenvalue weighted by molar-refractivity contribution is 6.31. The first-order chi connectivity index (χ1) is 8.63. The van der Waals surface area contributed by atoms with Crippen molar-refractivity contribution in [2.75, 3.05) is 19.8 Å². The van der Waals surface area contributed by atoms with Gasteiger partial charge in [0.25, 0.3) is 0 Å². The Bertz CT molecular complexity index is 349. The molecular formula is C13H20ClNO3. The Hall–Kier alpha value is -0.650. The summed E-state index contributed by atoms with van der Waals surface area (Å²) in [6, 6.07) is 7.43. The first-order valence-corrected chi connectivity index (χ1v) is 6.34. The molecule has 0 bridgehead atoms. The summed E-state index contributed by atoms with van der Waals surface area (Å²) in [4.78, 5) is 0. The largest absolute Gasteiger partial charge is 0.395 e. The summed E-state index contributed by atoms with van der Waals surface area (Å²) in [5.74, 6) is 0. The molecule has 2 atom stereocenters. The molecule has 2 unspecified atom stereocenters. The molecule has 0 heterocycles. The van der Waals surface area contributed by atoms with Crippen molar-refractivity contribution in [1.29, 1.82) is 0 Å². The Morgan fingerprint density at radius 1 is 1.39 bits per heavy atom. The van der Waals surface area contributed by atoms with E-state index in [9.17, 15) is 5.11 Å². The average molecular weight is 274 g/mol. The third-order valence-corrected chi connectivity index (χ3v) is 2.87. The van der Waals surface area contributed by atoms with Crippen LogP contribution in [0.3, 0.4) is 0 Å². The highest BCUT2D eigenvalue weighted by Gasteiger charge is 2.07. The van der Waals surface area contributed by atoms with Gasteiger partial charge in [0.15, 0.2) is 0 Å². The van der Waals surface area contributed by atoms with Crippen LogP contribution >= 0.6 is 11.6 Å². The minimum atomic E-state index is -0.596. The number of hydrogen-bond donors (Lipinski definition) is 3. The summed E-state index contributed by atoms with van der Waals surface area (Å²) < 4.78 is 5.39. The fourth-order valence-electron chi connectivity index (χ4n) is 1.38. The first-order valence-electron chi connectivity index (χ1n) is 5.97. The minimum Gasteiger partial charge on any atom is -0.395 e. The van der Waals surface area contributed by atoms with Gasteiger partial charge in [-0.2, -0.15) is 0 Å².